The maximum absolute atomic E-state index is 12.2. The van der Waals surface area contributed by atoms with Crippen molar-refractivity contribution in [2.75, 3.05) is 18.8 Å². The van der Waals surface area contributed by atoms with Gasteiger partial charge in [-0.2, -0.15) is 0 Å². The third-order valence-corrected chi connectivity index (χ3v) is 3.12. The van der Waals surface area contributed by atoms with E-state index >= 15 is 0 Å². The van der Waals surface area contributed by atoms with Gasteiger partial charge < -0.3 is 15.4 Å². The van der Waals surface area contributed by atoms with Crippen LogP contribution >= 0.6 is 0 Å². The summed E-state index contributed by atoms with van der Waals surface area (Å²) in [5.74, 6) is 1.14. The number of ether oxygens (including phenoxy) is 1. The molecule has 1 aromatic carbocycles. The van der Waals surface area contributed by atoms with Gasteiger partial charge in [0.15, 0.2) is 0 Å². The monoisotopic (exact) mass is 285 g/mol. The van der Waals surface area contributed by atoms with E-state index in [0.29, 0.717) is 36.0 Å². The summed E-state index contributed by atoms with van der Waals surface area (Å²) in [6.07, 6.45) is 1.57. The van der Waals surface area contributed by atoms with E-state index in [1.807, 2.05) is 13.8 Å². The molecule has 5 nitrogen and oxygen atoms in total. The van der Waals surface area contributed by atoms with Gasteiger partial charge in [0.2, 0.25) is 0 Å². The third kappa shape index (κ3) is 3.72. The van der Waals surface area contributed by atoms with Crippen LogP contribution in [-0.2, 0) is 0 Å². The van der Waals surface area contributed by atoms with E-state index in [2.05, 4.69) is 4.98 Å². The maximum atomic E-state index is 12.2. The molecule has 0 saturated heterocycles. The molecule has 0 aliphatic heterocycles. The van der Waals surface area contributed by atoms with Crippen LogP contribution in [0.3, 0.4) is 0 Å². The normalized spacial score (nSPS) is 10.2. The summed E-state index contributed by atoms with van der Waals surface area (Å²) in [5, 5.41) is 0. The lowest BCUT2D eigenvalue weighted by Crippen LogP contribution is -2.31. The van der Waals surface area contributed by atoms with Crippen molar-refractivity contribution >= 4 is 11.6 Å². The molecule has 1 amide bonds. The minimum absolute atomic E-state index is 0.0947. The van der Waals surface area contributed by atoms with Gasteiger partial charge in [-0.3, -0.25) is 9.78 Å². The number of benzene rings is 1. The highest BCUT2D eigenvalue weighted by atomic mass is 16.5. The Hall–Kier alpha value is -2.56. The zero-order valence-corrected chi connectivity index (χ0v) is 12.2. The summed E-state index contributed by atoms with van der Waals surface area (Å²) in [4.78, 5) is 18.1. The van der Waals surface area contributed by atoms with Gasteiger partial charge in [-0.15, -0.1) is 0 Å². The average molecular weight is 285 g/mol. The lowest BCUT2D eigenvalue weighted by Gasteiger charge is -2.18. The molecule has 0 spiro atoms. The van der Waals surface area contributed by atoms with Crippen LogP contribution in [0.2, 0.25) is 0 Å². The topological polar surface area (TPSA) is 68.5 Å². The van der Waals surface area contributed by atoms with Crippen LogP contribution in [0.4, 0.5) is 5.69 Å². The fourth-order valence-corrected chi connectivity index (χ4v) is 1.94. The molecule has 0 bridgehead atoms. The predicted octanol–water partition coefficient (Wildman–Crippen LogP) is 2.94. The Morgan fingerprint density at radius 2 is 1.81 bits per heavy atom. The first-order chi connectivity index (χ1) is 10.1. The van der Waals surface area contributed by atoms with Gasteiger partial charge in [-0.1, -0.05) is 0 Å². The Labute approximate surface area is 124 Å². The van der Waals surface area contributed by atoms with Gasteiger partial charge in [-0.25, -0.2) is 0 Å². The number of rotatable bonds is 5. The summed E-state index contributed by atoms with van der Waals surface area (Å²) in [6, 6.07) is 10.5. The first-order valence-corrected chi connectivity index (χ1v) is 6.92. The second kappa shape index (κ2) is 6.74. The first kappa shape index (κ1) is 14.8. The van der Waals surface area contributed by atoms with Gasteiger partial charge in [-0.05, 0) is 44.2 Å². The minimum atomic E-state index is -0.0947. The smallest absolute Gasteiger partial charge is 0.272 e. The van der Waals surface area contributed by atoms with E-state index in [9.17, 15) is 4.79 Å². The fourth-order valence-electron chi connectivity index (χ4n) is 1.94. The summed E-state index contributed by atoms with van der Waals surface area (Å²) >= 11 is 0. The van der Waals surface area contributed by atoms with Crippen molar-refractivity contribution in [3.63, 3.8) is 0 Å². The van der Waals surface area contributed by atoms with Crippen LogP contribution in [0.25, 0.3) is 0 Å². The molecule has 0 unspecified atom stereocenters. The number of aromatic nitrogens is 1. The molecule has 1 heterocycles. The molecule has 2 aromatic rings. The number of nitrogens with two attached hydrogens (primary N) is 1. The van der Waals surface area contributed by atoms with E-state index in [0.717, 1.165) is 0 Å². The highest BCUT2D eigenvalue weighted by Gasteiger charge is 2.14. The number of pyridine rings is 1. The average Bonchev–Trinajstić information content (AvgIpc) is 2.51. The van der Waals surface area contributed by atoms with Gasteiger partial charge in [0.1, 0.15) is 17.2 Å². The van der Waals surface area contributed by atoms with Crippen molar-refractivity contribution in [3.05, 3.63) is 48.3 Å². The Morgan fingerprint density at radius 3 is 2.43 bits per heavy atom. The van der Waals surface area contributed by atoms with Gasteiger partial charge in [0.05, 0.1) is 0 Å². The second-order valence-corrected chi connectivity index (χ2v) is 4.53. The van der Waals surface area contributed by atoms with Crippen molar-refractivity contribution in [1.29, 1.82) is 0 Å². The van der Waals surface area contributed by atoms with E-state index in [-0.39, 0.29) is 5.91 Å². The molecule has 110 valence electrons. The summed E-state index contributed by atoms with van der Waals surface area (Å²) in [7, 11) is 0. The number of nitrogens with zero attached hydrogens (tertiary/aromatic N) is 2. The number of amides is 1. The number of carbonyl (C=O) groups excluding carboxylic acids is 1. The minimum Gasteiger partial charge on any atom is -0.457 e. The molecule has 0 aliphatic rings. The zero-order valence-electron chi connectivity index (χ0n) is 12.2. The van der Waals surface area contributed by atoms with E-state index < -0.39 is 0 Å². The largest absolute Gasteiger partial charge is 0.457 e. The van der Waals surface area contributed by atoms with E-state index in [4.69, 9.17) is 10.5 Å². The van der Waals surface area contributed by atoms with Crippen LogP contribution in [-0.4, -0.2) is 28.9 Å². The molecule has 0 aliphatic carbocycles. The Balaban J connectivity index is 2.17. The standard InChI is InChI=1S/C16H19N3O2/c1-3-19(4-2)16(20)15-11-14(9-10-18-15)21-13-7-5-12(17)6-8-13/h5-11H,3-4,17H2,1-2H3. The van der Waals surface area contributed by atoms with Gasteiger partial charge in [0.25, 0.3) is 5.91 Å². The summed E-state index contributed by atoms with van der Waals surface area (Å²) in [5.41, 5.74) is 6.69. The maximum Gasteiger partial charge on any atom is 0.272 e. The molecule has 21 heavy (non-hydrogen) atoms. The molecule has 5 heteroatoms. The van der Waals surface area contributed by atoms with Gasteiger partial charge >= 0.3 is 0 Å². The van der Waals surface area contributed by atoms with Crippen LogP contribution in [0.1, 0.15) is 24.3 Å². The van der Waals surface area contributed by atoms with Crippen molar-refractivity contribution in [2.24, 2.45) is 0 Å². The first-order valence-electron chi connectivity index (χ1n) is 6.92. The lowest BCUT2D eigenvalue weighted by molar-refractivity contribution is 0.0767. The predicted molar refractivity (Wildman–Crippen MR) is 82.4 cm³/mol. The van der Waals surface area contributed by atoms with Crippen LogP contribution in [0.15, 0.2) is 42.6 Å². The number of anilines is 1. The Morgan fingerprint density at radius 1 is 1.14 bits per heavy atom. The van der Waals surface area contributed by atoms with E-state index in [1.165, 1.54) is 0 Å². The van der Waals surface area contributed by atoms with E-state index in [1.54, 1.807) is 47.5 Å². The Bertz CT molecular complexity index is 607. The number of hydrogen-bond donors (Lipinski definition) is 1. The SMILES string of the molecule is CCN(CC)C(=O)c1cc(Oc2ccc(N)cc2)ccn1. The molecule has 1 aromatic heterocycles. The zero-order chi connectivity index (χ0) is 15.2. The summed E-state index contributed by atoms with van der Waals surface area (Å²) < 4.78 is 5.70. The molecule has 0 radical (unpaired) electrons. The highest BCUT2D eigenvalue weighted by molar-refractivity contribution is 5.92. The number of carbonyl (C=O) groups is 1. The van der Waals surface area contributed by atoms with Gasteiger partial charge in [0, 0.05) is 31.0 Å². The number of nitrogen functional groups attached to an aromatic ring is 1. The second-order valence-electron chi connectivity index (χ2n) is 4.53. The molecule has 2 rings (SSSR count). The molecule has 0 saturated carbocycles. The van der Waals surface area contributed by atoms with Crippen molar-refractivity contribution in [3.8, 4) is 11.5 Å². The van der Waals surface area contributed by atoms with Crippen LogP contribution < -0.4 is 10.5 Å². The quantitative estimate of drug-likeness (QED) is 0.858. The highest BCUT2D eigenvalue weighted by Crippen LogP contribution is 2.22. The van der Waals surface area contributed by atoms with Crippen LogP contribution in [0, 0.1) is 0 Å². The molecular formula is C16H19N3O2. The molecule has 2 N–H and O–H groups in total. The third-order valence-electron chi connectivity index (χ3n) is 3.12. The number of hydrogen-bond acceptors (Lipinski definition) is 4. The van der Waals surface area contributed by atoms with Crippen molar-refractivity contribution in [1.82, 2.24) is 9.88 Å². The molecule has 0 fully saturated rings. The lowest BCUT2D eigenvalue weighted by atomic mass is 10.3. The van der Waals surface area contributed by atoms with Crippen molar-refractivity contribution in [2.45, 2.75) is 13.8 Å². The Kier molecular flexibility index (Phi) is 4.77. The fraction of sp³-hybridized carbons (Fsp3) is 0.250. The molecular weight excluding hydrogens is 266 g/mol. The molecule has 0 atom stereocenters. The van der Waals surface area contributed by atoms with Crippen molar-refractivity contribution < 1.29 is 9.53 Å². The summed E-state index contributed by atoms with van der Waals surface area (Å²) in [6.45, 7) is 5.19. The van der Waals surface area contributed by atoms with Crippen LogP contribution in [0.5, 0.6) is 11.5 Å².